The first-order valence-electron chi connectivity index (χ1n) is 7.03. The Bertz CT molecular complexity index is 300. The zero-order valence-electron chi connectivity index (χ0n) is 11.4. The van der Waals surface area contributed by atoms with E-state index < -0.39 is 0 Å². The molecule has 0 fully saturated rings. The highest BCUT2D eigenvalue weighted by Gasteiger charge is 1.96. The molecule has 0 bridgehead atoms. The molecule has 0 spiro atoms. The zero-order valence-corrected chi connectivity index (χ0v) is 11.4. The van der Waals surface area contributed by atoms with Gasteiger partial charge in [0.25, 0.3) is 0 Å². The first-order valence-corrected chi connectivity index (χ1v) is 7.03. The Balaban J connectivity index is 1.91. The van der Waals surface area contributed by atoms with Gasteiger partial charge >= 0.3 is 0 Å². The number of hydrogen-bond donors (Lipinski definition) is 1. The van der Waals surface area contributed by atoms with Crippen LogP contribution in [0, 0.1) is 0 Å². The van der Waals surface area contributed by atoms with Crippen molar-refractivity contribution in [3.8, 4) is 5.75 Å². The number of nitrogens with two attached hydrogens (primary N) is 1. The molecule has 0 aromatic carbocycles. The second kappa shape index (κ2) is 9.68. The summed E-state index contributed by atoms with van der Waals surface area (Å²) in [7, 11) is 0. The number of nitrogen functional groups attached to an aromatic ring is 1. The lowest BCUT2D eigenvalue weighted by atomic mass is 10.1. The van der Waals surface area contributed by atoms with Gasteiger partial charge < -0.3 is 10.5 Å². The predicted molar refractivity (Wildman–Crippen MR) is 74.5 cm³/mol. The molecular formula is C14H25N3O. The Morgan fingerprint density at radius 1 is 0.944 bits per heavy atom. The molecule has 0 unspecified atom stereocenters. The van der Waals surface area contributed by atoms with Crippen LogP contribution in [0.2, 0.25) is 0 Å². The molecule has 0 aliphatic rings. The second-order valence-corrected chi connectivity index (χ2v) is 4.60. The summed E-state index contributed by atoms with van der Waals surface area (Å²) in [5.41, 5.74) is 5.39. The molecule has 0 saturated carbocycles. The summed E-state index contributed by atoms with van der Waals surface area (Å²) in [4.78, 5) is 7.76. The fourth-order valence-corrected chi connectivity index (χ4v) is 1.83. The minimum absolute atomic E-state index is 0.287. The van der Waals surface area contributed by atoms with Crippen molar-refractivity contribution in [2.24, 2.45) is 0 Å². The van der Waals surface area contributed by atoms with Crippen LogP contribution in [-0.2, 0) is 0 Å². The smallest absolute Gasteiger partial charge is 0.220 e. The van der Waals surface area contributed by atoms with Crippen LogP contribution in [-0.4, -0.2) is 16.6 Å². The first-order chi connectivity index (χ1) is 8.83. The molecule has 1 aromatic heterocycles. The van der Waals surface area contributed by atoms with Crippen molar-refractivity contribution in [2.75, 3.05) is 12.3 Å². The van der Waals surface area contributed by atoms with Gasteiger partial charge in [-0.1, -0.05) is 51.9 Å². The molecule has 1 heterocycles. The third kappa shape index (κ3) is 7.09. The van der Waals surface area contributed by atoms with Crippen molar-refractivity contribution >= 4 is 5.95 Å². The van der Waals surface area contributed by atoms with Gasteiger partial charge in [0.05, 0.1) is 19.0 Å². The van der Waals surface area contributed by atoms with Crippen LogP contribution in [0.25, 0.3) is 0 Å². The molecule has 4 nitrogen and oxygen atoms in total. The fourth-order valence-electron chi connectivity index (χ4n) is 1.83. The maximum atomic E-state index is 5.53. The Kier molecular flexibility index (Phi) is 7.93. The van der Waals surface area contributed by atoms with Gasteiger partial charge in [-0.05, 0) is 6.42 Å². The highest BCUT2D eigenvalue weighted by atomic mass is 16.5. The predicted octanol–water partition coefficient (Wildman–Crippen LogP) is 3.58. The van der Waals surface area contributed by atoms with Gasteiger partial charge in [0.2, 0.25) is 5.95 Å². The topological polar surface area (TPSA) is 61.0 Å². The SMILES string of the molecule is CCCCCCCCCCOc1cnc(N)nc1. The summed E-state index contributed by atoms with van der Waals surface area (Å²) in [5, 5.41) is 0. The molecule has 0 aliphatic heterocycles. The molecule has 102 valence electrons. The zero-order chi connectivity index (χ0) is 13.1. The molecule has 4 heteroatoms. The van der Waals surface area contributed by atoms with Crippen molar-refractivity contribution in [3.63, 3.8) is 0 Å². The molecule has 0 atom stereocenters. The van der Waals surface area contributed by atoms with Crippen LogP contribution < -0.4 is 10.5 Å². The molecule has 1 rings (SSSR count). The van der Waals surface area contributed by atoms with Crippen molar-refractivity contribution in [2.45, 2.75) is 58.3 Å². The lowest BCUT2D eigenvalue weighted by Gasteiger charge is -2.05. The molecule has 1 aromatic rings. The maximum absolute atomic E-state index is 5.53. The molecule has 0 amide bonds. The Morgan fingerprint density at radius 3 is 2.11 bits per heavy atom. The van der Waals surface area contributed by atoms with Crippen LogP contribution >= 0.6 is 0 Å². The van der Waals surface area contributed by atoms with E-state index in [0.717, 1.165) is 13.0 Å². The Morgan fingerprint density at radius 2 is 1.50 bits per heavy atom. The third-order valence-corrected chi connectivity index (χ3v) is 2.91. The summed E-state index contributed by atoms with van der Waals surface area (Å²) >= 11 is 0. The van der Waals surface area contributed by atoms with E-state index in [-0.39, 0.29) is 5.95 Å². The number of aromatic nitrogens is 2. The van der Waals surface area contributed by atoms with Crippen molar-refractivity contribution < 1.29 is 4.74 Å². The van der Waals surface area contributed by atoms with Crippen molar-refractivity contribution in [1.82, 2.24) is 9.97 Å². The number of rotatable bonds is 10. The van der Waals surface area contributed by atoms with E-state index >= 15 is 0 Å². The highest BCUT2D eigenvalue weighted by molar-refractivity contribution is 5.20. The van der Waals surface area contributed by atoms with Gasteiger partial charge in [-0.15, -0.1) is 0 Å². The highest BCUT2D eigenvalue weighted by Crippen LogP contribution is 2.10. The van der Waals surface area contributed by atoms with Crippen LogP contribution in [0.3, 0.4) is 0 Å². The minimum Gasteiger partial charge on any atom is -0.490 e. The maximum Gasteiger partial charge on any atom is 0.220 e. The van der Waals surface area contributed by atoms with Gasteiger partial charge in [0.1, 0.15) is 0 Å². The molecule has 0 saturated heterocycles. The summed E-state index contributed by atoms with van der Waals surface area (Å²) < 4.78 is 5.53. The molecule has 18 heavy (non-hydrogen) atoms. The first kappa shape index (κ1) is 14.7. The van der Waals surface area contributed by atoms with E-state index in [1.54, 1.807) is 12.4 Å². The Hall–Kier alpha value is -1.32. The third-order valence-electron chi connectivity index (χ3n) is 2.91. The fraction of sp³-hybridized carbons (Fsp3) is 0.714. The normalized spacial score (nSPS) is 10.5. The number of anilines is 1. The van der Waals surface area contributed by atoms with E-state index in [1.165, 1.54) is 44.9 Å². The van der Waals surface area contributed by atoms with Crippen LogP contribution in [0.1, 0.15) is 58.3 Å². The monoisotopic (exact) mass is 251 g/mol. The number of hydrogen-bond acceptors (Lipinski definition) is 4. The van der Waals surface area contributed by atoms with E-state index in [0.29, 0.717) is 5.75 Å². The van der Waals surface area contributed by atoms with Crippen LogP contribution in [0.4, 0.5) is 5.95 Å². The summed E-state index contributed by atoms with van der Waals surface area (Å²) in [6.07, 6.45) is 13.7. The summed E-state index contributed by atoms with van der Waals surface area (Å²) in [6.45, 7) is 2.99. The van der Waals surface area contributed by atoms with E-state index in [4.69, 9.17) is 10.5 Å². The van der Waals surface area contributed by atoms with E-state index in [2.05, 4.69) is 16.9 Å². The average Bonchev–Trinajstić information content (AvgIpc) is 2.39. The lowest BCUT2D eigenvalue weighted by molar-refractivity contribution is 0.302. The van der Waals surface area contributed by atoms with Crippen molar-refractivity contribution in [3.05, 3.63) is 12.4 Å². The van der Waals surface area contributed by atoms with Crippen molar-refractivity contribution in [1.29, 1.82) is 0 Å². The largest absolute Gasteiger partial charge is 0.490 e. The molecule has 2 N–H and O–H groups in total. The average molecular weight is 251 g/mol. The van der Waals surface area contributed by atoms with Gasteiger partial charge in [-0.25, -0.2) is 9.97 Å². The molecular weight excluding hydrogens is 226 g/mol. The van der Waals surface area contributed by atoms with Crippen LogP contribution in [0.15, 0.2) is 12.4 Å². The van der Waals surface area contributed by atoms with Gasteiger partial charge in [-0.2, -0.15) is 0 Å². The minimum atomic E-state index is 0.287. The number of ether oxygens (including phenoxy) is 1. The molecule has 0 radical (unpaired) electrons. The Labute approximate surface area is 110 Å². The number of nitrogens with zero attached hydrogens (tertiary/aromatic N) is 2. The summed E-state index contributed by atoms with van der Waals surface area (Å²) in [6, 6.07) is 0. The van der Waals surface area contributed by atoms with E-state index in [1.807, 2.05) is 0 Å². The van der Waals surface area contributed by atoms with Gasteiger partial charge in [-0.3, -0.25) is 0 Å². The standard InChI is InChI=1S/C14H25N3O/c1-2-3-4-5-6-7-8-9-10-18-13-11-16-14(15)17-12-13/h11-12H,2-10H2,1H3,(H2,15,16,17). The van der Waals surface area contributed by atoms with E-state index in [9.17, 15) is 0 Å². The quantitative estimate of drug-likeness (QED) is 0.646. The lowest BCUT2D eigenvalue weighted by Crippen LogP contribution is -2.00. The van der Waals surface area contributed by atoms with Gasteiger partial charge in [0, 0.05) is 0 Å². The van der Waals surface area contributed by atoms with Gasteiger partial charge in [0.15, 0.2) is 5.75 Å². The summed E-state index contributed by atoms with van der Waals surface area (Å²) in [5.74, 6) is 0.988. The molecule has 0 aliphatic carbocycles. The second-order valence-electron chi connectivity index (χ2n) is 4.60. The number of unbranched alkanes of at least 4 members (excludes halogenated alkanes) is 7. The van der Waals surface area contributed by atoms with Crippen LogP contribution in [0.5, 0.6) is 5.75 Å².